The van der Waals surface area contributed by atoms with Crippen molar-refractivity contribution < 1.29 is 20.1 Å². The maximum Gasteiger partial charge on any atom is 0.339 e. The van der Waals surface area contributed by atoms with Gasteiger partial charge in [0.15, 0.2) is 0 Å². The summed E-state index contributed by atoms with van der Waals surface area (Å²) in [6, 6.07) is 3.31. The zero-order valence-corrected chi connectivity index (χ0v) is 6.19. The van der Waals surface area contributed by atoms with Gasteiger partial charge in [0.05, 0.1) is 0 Å². The zero-order valence-electron chi connectivity index (χ0n) is 6.19. The lowest BCUT2D eigenvalue weighted by molar-refractivity contribution is 0.0694. The lowest BCUT2D eigenvalue weighted by Crippen LogP contribution is -1.95. The first-order valence-corrected chi connectivity index (χ1v) is 2.86. The quantitative estimate of drug-likeness (QED) is 0.502. The van der Waals surface area contributed by atoms with E-state index >= 15 is 0 Å². The second-order valence-corrected chi connectivity index (χ2v) is 2.01. The Hall–Kier alpha value is -1.75. The Labute approximate surface area is 68.5 Å². The zero-order chi connectivity index (χ0) is 8.43. The van der Waals surface area contributed by atoms with Gasteiger partial charge in [0.2, 0.25) is 0 Å². The molecule has 5 nitrogen and oxygen atoms in total. The number of benzene rings is 1. The summed E-state index contributed by atoms with van der Waals surface area (Å²) >= 11 is 0. The molecule has 0 aliphatic carbocycles. The molecule has 0 fully saturated rings. The molecule has 12 heavy (non-hydrogen) atoms. The molecule has 6 N–H and O–H groups in total. The average molecular weight is 171 g/mol. The molecule has 5 heteroatoms. The molecule has 66 valence electrons. The van der Waals surface area contributed by atoms with Crippen LogP contribution in [0.25, 0.3) is 0 Å². The van der Waals surface area contributed by atoms with Gasteiger partial charge >= 0.3 is 5.97 Å². The third kappa shape index (κ3) is 1.86. The number of hydrogen-bond donors (Lipinski definition) is 4. The van der Waals surface area contributed by atoms with Crippen molar-refractivity contribution in [3.63, 3.8) is 0 Å². The van der Waals surface area contributed by atoms with Crippen LogP contribution in [0.2, 0.25) is 0 Å². The van der Waals surface area contributed by atoms with Crippen molar-refractivity contribution in [3.05, 3.63) is 23.8 Å². The Morgan fingerprint density at radius 1 is 1.25 bits per heavy atom. The minimum atomic E-state index is -1.22. The normalized spacial score (nSPS) is 8.67. The SMILES string of the molecule is N.O=C(O)c1ccc(O)cc1O. The van der Waals surface area contributed by atoms with E-state index in [2.05, 4.69) is 0 Å². The van der Waals surface area contributed by atoms with Crippen LogP contribution in [0.15, 0.2) is 18.2 Å². The van der Waals surface area contributed by atoms with Gasteiger partial charge in [-0.25, -0.2) is 4.79 Å². The van der Waals surface area contributed by atoms with Crippen molar-refractivity contribution in [2.24, 2.45) is 0 Å². The fraction of sp³-hybridized carbons (Fsp3) is 0. The Balaban J connectivity index is 0.00000121. The minimum Gasteiger partial charge on any atom is -0.508 e. The third-order valence-electron chi connectivity index (χ3n) is 1.21. The van der Waals surface area contributed by atoms with Crippen molar-refractivity contribution in [1.29, 1.82) is 0 Å². The molecule has 0 spiro atoms. The van der Waals surface area contributed by atoms with Gasteiger partial charge in [-0.2, -0.15) is 0 Å². The molecule has 0 aliphatic heterocycles. The maximum atomic E-state index is 10.3. The van der Waals surface area contributed by atoms with E-state index in [-0.39, 0.29) is 17.5 Å². The van der Waals surface area contributed by atoms with Gasteiger partial charge in [-0.3, -0.25) is 0 Å². The second-order valence-electron chi connectivity index (χ2n) is 2.01. The molecule has 1 rings (SSSR count). The topological polar surface area (TPSA) is 113 Å². The molecular formula is C7H9NO4. The Morgan fingerprint density at radius 3 is 2.25 bits per heavy atom. The fourth-order valence-corrected chi connectivity index (χ4v) is 0.701. The molecule has 1 aromatic rings. The summed E-state index contributed by atoms with van der Waals surface area (Å²) in [5.74, 6) is -1.81. The standard InChI is InChI=1S/C7H6O4.H3N/c8-4-1-2-5(7(10)11)6(9)3-4;/h1-3,8-9H,(H,10,11);1H3. The summed E-state index contributed by atoms with van der Waals surface area (Å²) in [5.41, 5.74) is -0.220. The molecule has 0 saturated heterocycles. The molecule has 0 unspecified atom stereocenters. The van der Waals surface area contributed by atoms with Crippen LogP contribution in [0.4, 0.5) is 0 Å². The monoisotopic (exact) mass is 171 g/mol. The van der Waals surface area contributed by atoms with E-state index < -0.39 is 11.7 Å². The van der Waals surface area contributed by atoms with Gasteiger partial charge in [0.25, 0.3) is 0 Å². The minimum absolute atomic E-state index is 0. The second kappa shape index (κ2) is 3.59. The van der Waals surface area contributed by atoms with Gasteiger partial charge in [-0.05, 0) is 12.1 Å². The first-order valence-electron chi connectivity index (χ1n) is 2.86. The van der Waals surface area contributed by atoms with E-state index in [0.717, 1.165) is 12.1 Å². The summed E-state index contributed by atoms with van der Waals surface area (Å²) in [6.45, 7) is 0. The smallest absolute Gasteiger partial charge is 0.339 e. The molecule has 0 aliphatic rings. The van der Waals surface area contributed by atoms with Crippen LogP contribution >= 0.6 is 0 Å². The molecule has 0 amide bonds. The molecule has 0 saturated carbocycles. The molecule has 1 aromatic carbocycles. The van der Waals surface area contributed by atoms with Gasteiger partial charge < -0.3 is 21.5 Å². The van der Waals surface area contributed by atoms with Crippen molar-refractivity contribution in [1.82, 2.24) is 6.15 Å². The number of carbonyl (C=O) groups is 1. The highest BCUT2D eigenvalue weighted by atomic mass is 16.4. The van der Waals surface area contributed by atoms with Crippen LogP contribution in [0, 0.1) is 0 Å². The van der Waals surface area contributed by atoms with Gasteiger partial charge in [-0.15, -0.1) is 0 Å². The highest BCUT2D eigenvalue weighted by Gasteiger charge is 2.08. The summed E-state index contributed by atoms with van der Waals surface area (Å²) in [4.78, 5) is 10.3. The highest BCUT2D eigenvalue weighted by Crippen LogP contribution is 2.21. The first kappa shape index (κ1) is 10.2. The fourth-order valence-electron chi connectivity index (χ4n) is 0.701. The first-order chi connectivity index (χ1) is 5.11. The van der Waals surface area contributed by atoms with E-state index in [1.54, 1.807) is 0 Å². The van der Waals surface area contributed by atoms with Crippen LogP contribution in [0.3, 0.4) is 0 Å². The summed E-state index contributed by atoms with van der Waals surface area (Å²) in [5, 5.41) is 26.1. The van der Waals surface area contributed by atoms with E-state index in [4.69, 9.17) is 15.3 Å². The third-order valence-corrected chi connectivity index (χ3v) is 1.21. The molecule has 0 bridgehead atoms. The Kier molecular flexibility index (Phi) is 3.06. The summed E-state index contributed by atoms with van der Waals surface area (Å²) in [6.07, 6.45) is 0. The number of phenols is 2. The molecule has 0 aromatic heterocycles. The van der Waals surface area contributed by atoms with Gasteiger partial charge in [0, 0.05) is 6.07 Å². The average Bonchev–Trinajstić information content (AvgIpc) is 1.85. The van der Waals surface area contributed by atoms with Crippen LogP contribution in [0.5, 0.6) is 11.5 Å². The number of carboxylic acids is 1. The highest BCUT2D eigenvalue weighted by molar-refractivity contribution is 5.90. The summed E-state index contributed by atoms with van der Waals surface area (Å²) < 4.78 is 0. The number of aromatic hydroxyl groups is 2. The maximum absolute atomic E-state index is 10.3. The van der Waals surface area contributed by atoms with E-state index in [1.165, 1.54) is 6.07 Å². The van der Waals surface area contributed by atoms with Crippen molar-refractivity contribution >= 4 is 5.97 Å². The molecule has 0 radical (unpaired) electrons. The lowest BCUT2D eigenvalue weighted by atomic mass is 10.2. The van der Waals surface area contributed by atoms with Crippen molar-refractivity contribution in [2.75, 3.05) is 0 Å². The Bertz CT molecular complexity index is 297. The number of phenolic OH excluding ortho intramolecular Hbond substituents is 1. The van der Waals surface area contributed by atoms with Gasteiger partial charge in [0.1, 0.15) is 17.1 Å². The van der Waals surface area contributed by atoms with E-state index in [0.29, 0.717) is 0 Å². The predicted octanol–water partition coefficient (Wildman–Crippen LogP) is 0.958. The number of rotatable bonds is 1. The number of aromatic carboxylic acids is 1. The van der Waals surface area contributed by atoms with Crippen LogP contribution < -0.4 is 6.15 Å². The predicted molar refractivity (Wildman–Crippen MR) is 41.8 cm³/mol. The summed E-state index contributed by atoms with van der Waals surface area (Å²) in [7, 11) is 0. The molecular weight excluding hydrogens is 162 g/mol. The van der Waals surface area contributed by atoms with Crippen LogP contribution in [-0.2, 0) is 0 Å². The van der Waals surface area contributed by atoms with E-state index in [9.17, 15) is 4.79 Å². The van der Waals surface area contributed by atoms with Crippen molar-refractivity contribution in [2.45, 2.75) is 0 Å². The van der Waals surface area contributed by atoms with Gasteiger partial charge in [-0.1, -0.05) is 0 Å². The van der Waals surface area contributed by atoms with Crippen LogP contribution in [0.1, 0.15) is 10.4 Å². The molecule has 0 heterocycles. The van der Waals surface area contributed by atoms with Crippen LogP contribution in [-0.4, -0.2) is 21.3 Å². The largest absolute Gasteiger partial charge is 0.508 e. The van der Waals surface area contributed by atoms with E-state index in [1.807, 2.05) is 0 Å². The Morgan fingerprint density at radius 2 is 1.83 bits per heavy atom. The lowest BCUT2D eigenvalue weighted by Gasteiger charge is -1.97. The van der Waals surface area contributed by atoms with Crippen molar-refractivity contribution in [3.8, 4) is 11.5 Å². The number of carboxylic acid groups (broad SMARTS) is 1. The molecule has 0 atom stereocenters. The number of hydrogen-bond acceptors (Lipinski definition) is 4.